The summed E-state index contributed by atoms with van der Waals surface area (Å²) in [7, 11) is 4.37. The van der Waals surface area contributed by atoms with E-state index in [1.807, 2.05) is 0 Å². The van der Waals surface area contributed by atoms with Crippen molar-refractivity contribution in [2.24, 2.45) is 5.92 Å². The molecule has 3 nitrogen and oxygen atoms in total. The van der Waals surface area contributed by atoms with Gasteiger partial charge >= 0.3 is 0 Å². The van der Waals surface area contributed by atoms with Crippen molar-refractivity contribution in [2.45, 2.75) is 39.2 Å². The van der Waals surface area contributed by atoms with Gasteiger partial charge in [0.15, 0.2) is 0 Å². The van der Waals surface area contributed by atoms with Crippen molar-refractivity contribution in [3.63, 3.8) is 0 Å². The fourth-order valence-corrected chi connectivity index (χ4v) is 2.71. The van der Waals surface area contributed by atoms with E-state index in [0.29, 0.717) is 6.04 Å². The van der Waals surface area contributed by atoms with Crippen molar-refractivity contribution >= 4 is 0 Å². The highest BCUT2D eigenvalue weighted by Crippen LogP contribution is 2.19. The molecule has 1 aliphatic heterocycles. The van der Waals surface area contributed by atoms with Crippen LogP contribution in [0.1, 0.15) is 33.1 Å². The molecule has 1 fully saturated rings. The van der Waals surface area contributed by atoms with Crippen LogP contribution < -0.4 is 5.32 Å². The van der Waals surface area contributed by atoms with Gasteiger partial charge in [0.1, 0.15) is 0 Å². The van der Waals surface area contributed by atoms with Gasteiger partial charge in [0, 0.05) is 19.1 Å². The first kappa shape index (κ1) is 14.9. The lowest BCUT2D eigenvalue weighted by Crippen LogP contribution is -2.45. The predicted molar refractivity (Wildman–Crippen MR) is 75.5 cm³/mol. The fraction of sp³-hybridized carbons (Fsp3) is 1.00. The van der Waals surface area contributed by atoms with Gasteiger partial charge in [-0.3, -0.25) is 4.90 Å². The molecule has 1 aliphatic rings. The van der Waals surface area contributed by atoms with Crippen LogP contribution in [0, 0.1) is 5.92 Å². The lowest BCUT2D eigenvalue weighted by Gasteiger charge is -2.37. The minimum atomic E-state index is 0.696. The molecule has 1 unspecified atom stereocenters. The van der Waals surface area contributed by atoms with Crippen LogP contribution in [-0.4, -0.2) is 62.7 Å². The molecule has 0 saturated carbocycles. The predicted octanol–water partition coefficient (Wildman–Crippen LogP) is 1.65. The van der Waals surface area contributed by atoms with E-state index in [4.69, 9.17) is 0 Å². The molecule has 0 radical (unpaired) electrons. The van der Waals surface area contributed by atoms with E-state index in [0.717, 1.165) is 19.0 Å². The van der Waals surface area contributed by atoms with Crippen LogP contribution in [0.2, 0.25) is 0 Å². The average Bonchev–Trinajstić information content (AvgIpc) is 2.29. The maximum atomic E-state index is 3.53. The van der Waals surface area contributed by atoms with Crippen LogP contribution in [0.25, 0.3) is 0 Å². The first-order valence-electron chi connectivity index (χ1n) is 7.23. The maximum Gasteiger partial charge on any atom is 0.0192 e. The summed E-state index contributed by atoms with van der Waals surface area (Å²) in [5, 5.41) is 3.53. The van der Waals surface area contributed by atoms with E-state index in [1.54, 1.807) is 0 Å². The molecule has 1 rings (SSSR count). The van der Waals surface area contributed by atoms with Crippen molar-refractivity contribution < 1.29 is 0 Å². The van der Waals surface area contributed by atoms with E-state index < -0.39 is 0 Å². The molecule has 1 N–H and O–H groups in total. The van der Waals surface area contributed by atoms with Gasteiger partial charge in [-0.05, 0) is 65.8 Å². The Morgan fingerprint density at radius 3 is 2.47 bits per heavy atom. The summed E-state index contributed by atoms with van der Waals surface area (Å²) in [4.78, 5) is 4.97. The van der Waals surface area contributed by atoms with Gasteiger partial charge in [0.2, 0.25) is 0 Å². The maximum absolute atomic E-state index is 3.53. The van der Waals surface area contributed by atoms with Gasteiger partial charge in [-0.25, -0.2) is 0 Å². The Bertz CT molecular complexity index is 186. The number of nitrogens with zero attached hydrogens (tertiary/aromatic N) is 2. The van der Waals surface area contributed by atoms with E-state index >= 15 is 0 Å². The zero-order chi connectivity index (χ0) is 12.7. The minimum absolute atomic E-state index is 0.696. The number of rotatable bonds is 7. The third-order valence-corrected chi connectivity index (χ3v) is 3.76. The summed E-state index contributed by atoms with van der Waals surface area (Å²) >= 11 is 0. The normalized spacial score (nSPS) is 21.0. The zero-order valence-corrected chi connectivity index (χ0v) is 12.2. The number of hydrogen-bond donors (Lipinski definition) is 1. The van der Waals surface area contributed by atoms with Crippen molar-refractivity contribution in [1.82, 2.24) is 15.1 Å². The Hall–Kier alpha value is -0.120. The van der Waals surface area contributed by atoms with Crippen LogP contribution in [0.3, 0.4) is 0 Å². The minimum Gasteiger partial charge on any atom is -0.315 e. The monoisotopic (exact) mass is 241 g/mol. The summed E-state index contributed by atoms with van der Waals surface area (Å²) < 4.78 is 0. The molecule has 0 aliphatic carbocycles. The molecule has 1 atom stereocenters. The molecule has 1 saturated heterocycles. The Kier molecular flexibility index (Phi) is 7.09. The summed E-state index contributed by atoms with van der Waals surface area (Å²) in [5.74, 6) is 0.914. The van der Waals surface area contributed by atoms with Crippen LogP contribution in [0.15, 0.2) is 0 Å². The second-order valence-corrected chi connectivity index (χ2v) is 5.79. The highest BCUT2D eigenvalue weighted by atomic mass is 15.2. The topological polar surface area (TPSA) is 18.5 Å². The van der Waals surface area contributed by atoms with E-state index in [-0.39, 0.29) is 0 Å². The number of piperidine rings is 1. The summed E-state index contributed by atoms with van der Waals surface area (Å²) in [5.41, 5.74) is 0. The van der Waals surface area contributed by atoms with Gasteiger partial charge < -0.3 is 10.2 Å². The standard InChI is InChI=1S/C14H31N3/c1-5-8-15-11-13(2)17-9-6-14(7-10-17)12-16(3)4/h13-15H,5-12H2,1-4H3. The van der Waals surface area contributed by atoms with Crippen molar-refractivity contribution in [3.8, 4) is 0 Å². The van der Waals surface area contributed by atoms with Crippen LogP contribution >= 0.6 is 0 Å². The average molecular weight is 241 g/mol. The quantitative estimate of drug-likeness (QED) is 0.684. The van der Waals surface area contributed by atoms with Gasteiger partial charge in [-0.15, -0.1) is 0 Å². The molecule has 0 spiro atoms. The first-order valence-corrected chi connectivity index (χ1v) is 7.23. The van der Waals surface area contributed by atoms with E-state index in [1.165, 1.54) is 38.9 Å². The highest BCUT2D eigenvalue weighted by molar-refractivity contribution is 4.78. The third-order valence-electron chi connectivity index (χ3n) is 3.76. The van der Waals surface area contributed by atoms with E-state index in [2.05, 4.69) is 43.1 Å². The summed E-state index contributed by atoms with van der Waals surface area (Å²) in [6, 6.07) is 0.696. The zero-order valence-electron chi connectivity index (χ0n) is 12.2. The molecular formula is C14H31N3. The van der Waals surface area contributed by atoms with Crippen molar-refractivity contribution in [2.75, 3.05) is 46.8 Å². The Balaban J connectivity index is 2.17. The van der Waals surface area contributed by atoms with Crippen LogP contribution in [0.4, 0.5) is 0 Å². The number of likely N-dealkylation sites (tertiary alicyclic amines) is 1. The molecule has 0 amide bonds. The second-order valence-electron chi connectivity index (χ2n) is 5.79. The first-order chi connectivity index (χ1) is 8.13. The molecule has 102 valence electrons. The van der Waals surface area contributed by atoms with Crippen LogP contribution in [-0.2, 0) is 0 Å². The Morgan fingerprint density at radius 1 is 1.29 bits per heavy atom. The van der Waals surface area contributed by atoms with Crippen LogP contribution in [0.5, 0.6) is 0 Å². The second kappa shape index (κ2) is 8.06. The summed E-state index contributed by atoms with van der Waals surface area (Å²) in [6.07, 6.45) is 3.98. The number of hydrogen-bond acceptors (Lipinski definition) is 3. The lowest BCUT2D eigenvalue weighted by atomic mass is 9.95. The molecule has 0 aromatic heterocycles. The largest absolute Gasteiger partial charge is 0.315 e. The highest BCUT2D eigenvalue weighted by Gasteiger charge is 2.22. The fourth-order valence-electron chi connectivity index (χ4n) is 2.71. The SMILES string of the molecule is CCCNCC(C)N1CCC(CN(C)C)CC1. The molecule has 1 heterocycles. The molecule has 0 aromatic rings. The van der Waals surface area contributed by atoms with Crippen molar-refractivity contribution in [3.05, 3.63) is 0 Å². The third kappa shape index (κ3) is 5.84. The van der Waals surface area contributed by atoms with Gasteiger partial charge in [0.25, 0.3) is 0 Å². The molecule has 17 heavy (non-hydrogen) atoms. The lowest BCUT2D eigenvalue weighted by molar-refractivity contribution is 0.126. The Labute approximate surface area is 108 Å². The van der Waals surface area contributed by atoms with Gasteiger partial charge in [-0.1, -0.05) is 6.92 Å². The van der Waals surface area contributed by atoms with Gasteiger partial charge in [0.05, 0.1) is 0 Å². The summed E-state index contributed by atoms with van der Waals surface area (Å²) in [6.45, 7) is 10.7. The van der Waals surface area contributed by atoms with Crippen molar-refractivity contribution in [1.29, 1.82) is 0 Å². The molecule has 3 heteroatoms. The smallest absolute Gasteiger partial charge is 0.0192 e. The Morgan fingerprint density at radius 2 is 1.94 bits per heavy atom. The molecule has 0 bridgehead atoms. The molecule has 0 aromatic carbocycles. The van der Waals surface area contributed by atoms with Gasteiger partial charge in [-0.2, -0.15) is 0 Å². The number of nitrogens with one attached hydrogen (secondary N) is 1. The van der Waals surface area contributed by atoms with E-state index in [9.17, 15) is 0 Å². The molecular weight excluding hydrogens is 210 g/mol.